The van der Waals surface area contributed by atoms with Gasteiger partial charge >= 0.3 is 0 Å². The summed E-state index contributed by atoms with van der Waals surface area (Å²) in [6, 6.07) is 13.7. The van der Waals surface area contributed by atoms with E-state index in [1.54, 1.807) is 12.4 Å². The third-order valence-corrected chi connectivity index (χ3v) is 3.27. The van der Waals surface area contributed by atoms with Crippen molar-refractivity contribution in [2.75, 3.05) is 5.43 Å². The smallest absolute Gasteiger partial charge is 0.162 e. The van der Waals surface area contributed by atoms with Crippen LogP contribution in [0.1, 0.15) is 5.56 Å². The van der Waals surface area contributed by atoms with Crippen molar-refractivity contribution in [3.63, 3.8) is 0 Å². The van der Waals surface area contributed by atoms with E-state index in [2.05, 4.69) is 20.4 Å². The minimum atomic E-state index is 0.620. The lowest BCUT2D eigenvalue weighted by Gasteiger charge is -2.12. The van der Waals surface area contributed by atoms with Crippen molar-refractivity contribution in [3.05, 3.63) is 60.4 Å². The number of rotatable bonds is 3. The van der Waals surface area contributed by atoms with E-state index in [9.17, 15) is 0 Å². The molecular weight excluding hydrogens is 262 g/mol. The molecule has 0 radical (unpaired) electrons. The number of benzene rings is 1. The van der Waals surface area contributed by atoms with Crippen LogP contribution in [0.3, 0.4) is 0 Å². The second-order valence-electron chi connectivity index (χ2n) is 4.62. The van der Waals surface area contributed by atoms with Crippen molar-refractivity contribution < 1.29 is 0 Å². The van der Waals surface area contributed by atoms with Gasteiger partial charge in [-0.05, 0) is 19.1 Å². The molecule has 0 fully saturated rings. The number of nitrogens with one attached hydrogen (secondary N) is 1. The molecule has 2 aromatic heterocycles. The van der Waals surface area contributed by atoms with Crippen LogP contribution >= 0.6 is 0 Å². The van der Waals surface area contributed by atoms with Gasteiger partial charge < -0.3 is 5.43 Å². The van der Waals surface area contributed by atoms with Gasteiger partial charge in [0.15, 0.2) is 5.82 Å². The highest BCUT2D eigenvalue weighted by molar-refractivity contribution is 5.71. The summed E-state index contributed by atoms with van der Waals surface area (Å²) < 4.78 is 0. The molecule has 0 atom stereocenters. The summed E-state index contributed by atoms with van der Waals surface area (Å²) in [6.07, 6.45) is 3.44. The second-order valence-corrected chi connectivity index (χ2v) is 4.62. The zero-order valence-electron chi connectivity index (χ0n) is 11.6. The summed E-state index contributed by atoms with van der Waals surface area (Å²) in [5.74, 6) is 6.83. The van der Waals surface area contributed by atoms with Crippen molar-refractivity contribution in [1.82, 2.24) is 15.0 Å². The van der Waals surface area contributed by atoms with Crippen LogP contribution in [-0.2, 0) is 0 Å². The highest BCUT2D eigenvalue weighted by Gasteiger charge is 2.12. The van der Waals surface area contributed by atoms with Crippen LogP contribution in [0, 0.1) is 6.92 Å². The van der Waals surface area contributed by atoms with Gasteiger partial charge in [0, 0.05) is 29.1 Å². The summed E-state index contributed by atoms with van der Waals surface area (Å²) in [4.78, 5) is 13.2. The molecule has 0 aliphatic heterocycles. The summed E-state index contributed by atoms with van der Waals surface area (Å²) in [7, 11) is 0. The molecule has 21 heavy (non-hydrogen) atoms. The first-order valence-electron chi connectivity index (χ1n) is 6.60. The van der Waals surface area contributed by atoms with Gasteiger partial charge in [0.1, 0.15) is 5.82 Å². The van der Waals surface area contributed by atoms with Gasteiger partial charge in [-0.2, -0.15) is 0 Å². The summed E-state index contributed by atoms with van der Waals surface area (Å²) in [5.41, 5.74) is 6.37. The van der Waals surface area contributed by atoms with Crippen LogP contribution in [0.5, 0.6) is 0 Å². The second kappa shape index (κ2) is 5.68. The summed E-state index contributed by atoms with van der Waals surface area (Å²) in [6.45, 7) is 1.95. The molecule has 0 unspecified atom stereocenters. The Morgan fingerprint density at radius 1 is 0.905 bits per heavy atom. The quantitative estimate of drug-likeness (QED) is 0.568. The van der Waals surface area contributed by atoms with Crippen LogP contribution in [-0.4, -0.2) is 15.0 Å². The molecule has 0 saturated heterocycles. The molecule has 0 aliphatic carbocycles. The molecular formula is C16H15N5. The van der Waals surface area contributed by atoms with E-state index in [0.717, 1.165) is 22.4 Å². The van der Waals surface area contributed by atoms with E-state index in [0.29, 0.717) is 11.6 Å². The topological polar surface area (TPSA) is 76.7 Å². The number of nitrogens with zero attached hydrogens (tertiary/aromatic N) is 3. The number of nitrogen functional groups attached to an aromatic ring is 1. The zero-order valence-corrected chi connectivity index (χ0v) is 11.6. The Balaban J connectivity index is 2.21. The molecule has 0 spiro atoms. The number of nitrogens with two attached hydrogens (primary N) is 1. The monoisotopic (exact) mass is 277 g/mol. The highest BCUT2D eigenvalue weighted by atomic mass is 15.3. The van der Waals surface area contributed by atoms with Crippen molar-refractivity contribution >= 4 is 5.82 Å². The third kappa shape index (κ3) is 2.59. The average Bonchev–Trinajstić information content (AvgIpc) is 2.56. The van der Waals surface area contributed by atoms with E-state index in [4.69, 9.17) is 5.84 Å². The van der Waals surface area contributed by atoms with E-state index < -0.39 is 0 Å². The maximum atomic E-state index is 5.59. The Kier molecular flexibility index (Phi) is 3.57. The molecule has 3 rings (SSSR count). The number of anilines is 1. The first-order valence-corrected chi connectivity index (χ1v) is 6.60. The predicted octanol–water partition coefficient (Wildman–Crippen LogP) is 2.80. The van der Waals surface area contributed by atoms with Crippen molar-refractivity contribution in [2.24, 2.45) is 5.84 Å². The van der Waals surface area contributed by atoms with Crippen molar-refractivity contribution in [2.45, 2.75) is 6.92 Å². The van der Waals surface area contributed by atoms with Gasteiger partial charge in [0.25, 0.3) is 0 Å². The molecule has 5 nitrogen and oxygen atoms in total. The Morgan fingerprint density at radius 2 is 1.62 bits per heavy atom. The Labute approximate surface area is 122 Å². The Hall–Kier alpha value is -2.79. The SMILES string of the molecule is Cc1c(NN)nc(-c2ccncc2)nc1-c1ccccc1. The maximum absolute atomic E-state index is 5.59. The number of hydrogen-bond acceptors (Lipinski definition) is 5. The number of hydrazine groups is 1. The Morgan fingerprint density at radius 3 is 2.29 bits per heavy atom. The van der Waals surface area contributed by atoms with Gasteiger partial charge in [-0.15, -0.1) is 0 Å². The average molecular weight is 277 g/mol. The minimum Gasteiger partial charge on any atom is -0.308 e. The third-order valence-electron chi connectivity index (χ3n) is 3.27. The standard InChI is InChI=1S/C16H15N5/c1-11-14(12-5-3-2-4-6-12)19-16(20-15(11)21-17)13-7-9-18-10-8-13/h2-10H,17H2,1H3,(H,19,20,21). The molecule has 0 bridgehead atoms. The molecule has 2 heterocycles. The van der Waals surface area contributed by atoms with E-state index >= 15 is 0 Å². The van der Waals surface area contributed by atoms with Gasteiger partial charge in [-0.25, -0.2) is 15.8 Å². The van der Waals surface area contributed by atoms with Crippen molar-refractivity contribution in [3.8, 4) is 22.6 Å². The predicted molar refractivity (Wildman–Crippen MR) is 83.2 cm³/mol. The van der Waals surface area contributed by atoms with Crippen LogP contribution < -0.4 is 11.3 Å². The maximum Gasteiger partial charge on any atom is 0.162 e. The molecule has 0 amide bonds. The number of hydrogen-bond donors (Lipinski definition) is 2. The van der Waals surface area contributed by atoms with Crippen LogP contribution in [0.15, 0.2) is 54.9 Å². The van der Waals surface area contributed by atoms with Gasteiger partial charge in [-0.3, -0.25) is 4.98 Å². The summed E-state index contributed by atoms with van der Waals surface area (Å²) in [5, 5.41) is 0. The Bertz CT molecular complexity index is 741. The minimum absolute atomic E-state index is 0.620. The first kappa shape index (κ1) is 13.2. The van der Waals surface area contributed by atoms with Crippen LogP contribution in [0.4, 0.5) is 5.82 Å². The fourth-order valence-electron chi connectivity index (χ4n) is 2.16. The van der Waals surface area contributed by atoms with Crippen LogP contribution in [0.25, 0.3) is 22.6 Å². The van der Waals surface area contributed by atoms with E-state index in [1.807, 2.05) is 49.4 Å². The van der Waals surface area contributed by atoms with E-state index in [-0.39, 0.29) is 0 Å². The first-order chi connectivity index (χ1) is 10.3. The molecule has 3 aromatic rings. The van der Waals surface area contributed by atoms with Crippen molar-refractivity contribution in [1.29, 1.82) is 0 Å². The molecule has 3 N–H and O–H groups in total. The highest BCUT2D eigenvalue weighted by Crippen LogP contribution is 2.28. The lowest BCUT2D eigenvalue weighted by molar-refractivity contribution is 1.11. The lowest BCUT2D eigenvalue weighted by atomic mass is 10.1. The zero-order chi connectivity index (χ0) is 14.7. The fourth-order valence-corrected chi connectivity index (χ4v) is 2.16. The van der Waals surface area contributed by atoms with E-state index in [1.165, 1.54) is 0 Å². The molecule has 0 saturated carbocycles. The van der Waals surface area contributed by atoms with Gasteiger partial charge in [0.05, 0.1) is 5.69 Å². The van der Waals surface area contributed by atoms with Gasteiger partial charge in [-0.1, -0.05) is 30.3 Å². The number of aromatic nitrogens is 3. The number of pyridine rings is 1. The fraction of sp³-hybridized carbons (Fsp3) is 0.0625. The van der Waals surface area contributed by atoms with Gasteiger partial charge in [0.2, 0.25) is 0 Å². The largest absolute Gasteiger partial charge is 0.308 e. The molecule has 5 heteroatoms. The normalized spacial score (nSPS) is 10.4. The molecule has 104 valence electrons. The molecule has 0 aliphatic rings. The summed E-state index contributed by atoms with van der Waals surface area (Å²) >= 11 is 0. The molecule has 1 aromatic carbocycles. The lowest BCUT2D eigenvalue weighted by Crippen LogP contribution is -2.12. The van der Waals surface area contributed by atoms with Crippen LogP contribution in [0.2, 0.25) is 0 Å².